The van der Waals surface area contributed by atoms with Crippen molar-refractivity contribution in [3.05, 3.63) is 48.0 Å². The minimum Gasteiger partial charge on any atom is -0.493 e. The first kappa shape index (κ1) is 22.8. The molecular weight excluding hydrogens is 410 g/mol. The lowest BCUT2D eigenvalue weighted by molar-refractivity contribution is 0.354. The molecule has 9 heteroatoms. The molecule has 29 heavy (non-hydrogen) atoms. The molecule has 0 saturated carbocycles. The lowest BCUT2D eigenvalue weighted by Crippen LogP contribution is -2.32. The topological polar surface area (TPSA) is 79.9 Å². The quantitative estimate of drug-likeness (QED) is 0.612. The molecule has 158 valence electrons. The molecule has 2 N–H and O–H groups in total. The molecule has 0 aromatic heterocycles. The highest BCUT2D eigenvalue weighted by Gasteiger charge is 2.15. The highest BCUT2D eigenvalue weighted by molar-refractivity contribution is 7.92. The van der Waals surface area contributed by atoms with Gasteiger partial charge in [0, 0.05) is 12.7 Å². The second kappa shape index (κ2) is 9.80. The third-order valence-electron chi connectivity index (χ3n) is 4.49. The number of ether oxygens (including phenoxy) is 2. The summed E-state index contributed by atoms with van der Waals surface area (Å²) in [7, 11) is 1.37. The van der Waals surface area contributed by atoms with Crippen LogP contribution < -0.4 is 24.4 Å². The number of methoxy groups -OCH3 is 2. The first-order valence-corrected chi connectivity index (χ1v) is 11.3. The molecule has 0 heterocycles. The maximum Gasteiger partial charge on any atom is 0.231 e. The van der Waals surface area contributed by atoms with E-state index >= 15 is 0 Å². The molecule has 0 spiro atoms. The summed E-state index contributed by atoms with van der Waals surface area (Å²) in [5.74, 6) is 1.32. The van der Waals surface area contributed by atoms with E-state index in [2.05, 4.69) is 17.6 Å². The normalized spacial score (nSPS) is 12.0. The van der Waals surface area contributed by atoms with Gasteiger partial charge in [-0.1, -0.05) is 19.1 Å². The fourth-order valence-corrected chi connectivity index (χ4v) is 3.54. The van der Waals surface area contributed by atoms with Crippen molar-refractivity contribution in [2.24, 2.45) is 0 Å². The van der Waals surface area contributed by atoms with Gasteiger partial charge in [-0.15, -0.1) is 0 Å². The molecule has 0 amide bonds. The van der Waals surface area contributed by atoms with Crippen LogP contribution in [0.15, 0.2) is 42.5 Å². The average molecular weight is 438 g/mol. The fourth-order valence-electron chi connectivity index (χ4n) is 2.79. The highest BCUT2D eigenvalue weighted by Crippen LogP contribution is 2.31. The van der Waals surface area contributed by atoms with Crippen LogP contribution in [-0.4, -0.2) is 41.1 Å². The minimum atomic E-state index is -3.34. The Balaban J connectivity index is 2.13. The number of sulfonamides is 1. The molecule has 0 fully saturated rings. The number of rotatable bonds is 8. The molecule has 0 aliphatic rings. The van der Waals surface area contributed by atoms with Crippen molar-refractivity contribution in [3.8, 4) is 11.5 Å². The van der Waals surface area contributed by atoms with Crippen LogP contribution in [0.3, 0.4) is 0 Å². The minimum absolute atomic E-state index is 0.0309. The summed E-state index contributed by atoms with van der Waals surface area (Å²) in [6.45, 7) is 2.05. The van der Waals surface area contributed by atoms with Crippen molar-refractivity contribution in [2.75, 3.05) is 37.1 Å². The van der Waals surface area contributed by atoms with Gasteiger partial charge in [-0.05, 0) is 54.5 Å². The van der Waals surface area contributed by atoms with Crippen LogP contribution in [0.25, 0.3) is 0 Å². The van der Waals surface area contributed by atoms with E-state index in [0.717, 1.165) is 18.2 Å². The van der Waals surface area contributed by atoms with E-state index in [1.807, 2.05) is 24.3 Å². The Morgan fingerprint density at radius 3 is 2.41 bits per heavy atom. The predicted molar refractivity (Wildman–Crippen MR) is 122 cm³/mol. The van der Waals surface area contributed by atoms with Crippen molar-refractivity contribution in [3.63, 3.8) is 0 Å². The number of hydrogen-bond acceptors (Lipinski definition) is 5. The SMILES string of the molecule is CC[C@H](NC(=S)Nc1cccc(N(C)S(C)(=O)=O)c1)c1ccc(OC)c(OC)c1. The predicted octanol–water partition coefficient (Wildman–Crippen LogP) is 3.54. The van der Waals surface area contributed by atoms with Crippen LogP contribution >= 0.6 is 12.2 Å². The number of hydrogen-bond donors (Lipinski definition) is 2. The largest absolute Gasteiger partial charge is 0.493 e. The van der Waals surface area contributed by atoms with Gasteiger partial charge in [0.1, 0.15) is 0 Å². The van der Waals surface area contributed by atoms with Crippen LogP contribution in [0.2, 0.25) is 0 Å². The van der Waals surface area contributed by atoms with Gasteiger partial charge in [-0.3, -0.25) is 4.31 Å². The number of nitrogens with zero attached hydrogens (tertiary/aromatic N) is 1. The van der Waals surface area contributed by atoms with Gasteiger partial charge in [0.05, 0.1) is 32.2 Å². The van der Waals surface area contributed by atoms with Gasteiger partial charge >= 0.3 is 0 Å². The summed E-state index contributed by atoms with van der Waals surface area (Å²) in [6, 6.07) is 12.8. The second-order valence-electron chi connectivity index (χ2n) is 6.45. The summed E-state index contributed by atoms with van der Waals surface area (Å²) < 4.78 is 35.4. The second-order valence-corrected chi connectivity index (χ2v) is 8.88. The van der Waals surface area contributed by atoms with Gasteiger partial charge in [0.2, 0.25) is 10.0 Å². The Hall–Kier alpha value is -2.52. The molecular formula is C20H27N3O4S2. The van der Waals surface area contributed by atoms with E-state index in [0.29, 0.717) is 28.0 Å². The molecule has 0 aliphatic carbocycles. The van der Waals surface area contributed by atoms with E-state index in [9.17, 15) is 8.42 Å². The van der Waals surface area contributed by atoms with Crippen LogP contribution in [0.4, 0.5) is 11.4 Å². The summed E-state index contributed by atoms with van der Waals surface area (Å²) >= 11 is 5.46. The van der Waals surface area contributed by atoms with Crippen LogP contribution in [-0.2, 0) is 10.0 Å². The van der Waals surface area contributed by atoms with Crippen LogP contribution in [0.1, 0.15) is 24.9 Å². The average Bonchev–Trinajstić information content (AvgIpc) is 2.70. The maximum absolute atomic E-state index is 11.8. The molecule has 2 rings (SSSR count). The van der Waals surface area contributed by atoms with E-state index < -0.39 is 10.0 Å². The van der Waals surface area contributed by atoms with Crippen LogP contribution in [0, 0.1) is 0 Å². The van der Waals surface area contributed by atoms with Crippen molar-refractivity contribution in [2.45, 2.75) is 19.4 Å². The van der Waals surface area contributed by atoms with Gasteiger partial charge in [0.25, 0.3) is 0 Å². The number of thiocarbonyl (C=S) groups is 1. The molecule has 2 aromatic carbocycles. The number of nitrogens with one attached hydrogen (secondary N) is 2. The summed E-state index contributed by atoms with van der Waals surface area (Å²) in [5.41, 5.74) is 2.25. The Morgan fingerprint density at radius 1 is 1.14 bits per heavy atom. The molecule has 0 unspecified atom stereocenters. The summed E-state index contributed by atoms with van der Waals surface area (Å²) in [4.78, 5) is 0. The molecule has 1 atom stereocenters. The summed E-state index contributed by atoms with van der Waals surface area (Å²) in [5, 5.41) is 6.84. The molecule has 0 radical (unpaired) electrons. The lowest BCUT2D eigenvalue weighted by atomic mass is 10.0. The Labute approximate surface area is 178 Å². The van der Waals surface area contributed by atoms with Gasteiger partial charge in [0.15, 0.2) is 16.6 Å². The lowest BCUT2D eigenvalue weighted by Gasteiger charge is -2.22. The molecule has 0 bridgehead atoms. The third-order valence-corrected chi connectivity index (χ3v) is 5.91. The van der Waals surface area contributed by atoms with Crippen LogP contribution in [0.5, 0.6) is 11.5 Å². The van der Waals surface area contributed by atoms with Gasteiger partial charge in [-0.2, -0.15) is 0 Å². The Morgan fingerprint density at radius 2 is 1.83 bits per heavy atom. The third kappa shape index (κ3) is 5.98. The van der Waals surface area contributed by atoms with E-state index in [1.165, 1.54) is 11.4 Å². The van der Waals surface area contributed by atoms with Crippen molar-refractivity contribution in [1.29, 1.82) is 0 Å². The van der Waals surface area contributed by atoms with Gasteiger partial charge in [-0.25, -0.2) is 8.42 Å². The fraction of sp³-hybridized carbons (Fsp3) is 0.350. The standard InChI is InChI=1S/C20H27N3O4S2/c1-6-17(14-10-11-18(26-3)19(12-14)27-4)22-20(28)21-15-8-7-9-16(13-15)23(2)29(5,24)25/h7-13,17H,6H2,1-5H3,(H2,21,22,28)/t17-/m0/s1. The smallest absolute Gasteiger partial charge is 0.231 e. The van der Waals surface area contributed by atoms with Crippen molar-refractivity contribution < 1.29 is 17.9 Å². The first-order chi connectivity index (χ1) is 13.7. The van der Waals surface area contributed by atoms with E-state index in [1.54, 1.807) is 32.4 Å². The van der Waals surface area contributed by atoms with E-state index in [4.69, 9.17) is 21.7 Å². The Kier molecular flexibility index (Phi) is 7.69. The number of anilines is 2. The maximum atomic E-state index is 11.8. The monoisotopic (exact) mass is 437 g/mol. The highest BCUT2D eigenvalue weighted by atomic mass is 32.2. The Bertz CT molecular complexity index is 964. The van der Waals surface area contributed by atoms with Crippen molar-refractivity contribution in [1.82, 2.24) is 5.32 Å². The zero-order valence-electron chi connectivity index (χ0n) is 17.2. The molecule has 7 nitrogen and oxygen atoms in total. The summed E-state index contributed by atoms with van der Waals surface area (Å²) in [6.07, 6.45) is 1.96. The van der Waals surface area contributed by atoms with Crippen molar-refractivity contribution >= 4 is 38.7 Å². The zero-order chi connectivity index (χ0) is 21.6. The first-order valence-electron chi connectivity index (χ1n) is 9.03. The molecule has 0 aliphatic heterocycles. The van der Waals surface area contributed by atoms with E-state index in [-0.39, 0.29) is 6.04 Å². The molecule has 2 aromatic rings. The molecule has 0 saturated heterocycles. The van der Waals surface area contributed by atoms with Gasteiger partial charge < -0.3 is 20.1 Å². The number of benzene rings is 2. The zero-order valence-corrected chi connectivity index (χ0v) is 18.9.